The minimum Gasteiger partial charge on any atom is -0.432 e. The quantitative estimate of drug-likeness (QED) is 0.429. The summed E-state index contributed by atoms with van der Waals surface area (Å²) in [5, 5.41) is 0. The van der Waals surface area contributed by atoms with Crippen molar-refractivity contribution in [1.29, 1.82) is 0 Å². The Morgan fingerprint density at radius 2 is 1.41 bits per heavy atom. The highest BCUT2D eigenvalue weighted by molar-refractivity contribution is 5.71. The summed E-state index contributed by atoms with van der Waals surface area (Å²) in [5.74, 6) is -2.06. The lowest BCUT2D eigenvalue weighted by atomic mass is 9.98. The SMILES string of the molecule is CCCc1ccc(-c2ccc(-c3ccc(OC(F)F)c(F)c3)c(F)c2)cc1. The van der Waals surface area contributed by atoms with E-state index in [0.717, 1.165) is 30.5 Å². The molecular weight excluding hydrogens is 356 g/mol. The zero-order valence-corrected chi connectivity index (χ0v) is 14.7. The van der Waals surface area contributed by atoms with E-state index >= 15 is 0 Å². The summed E-state index contributed by atoms with van der Waals surface area (Å²) < 4.78 is 57.0. The lowest BCUT2D eigenvalue weighted by Gasteiger charge is -2.10. The van der Waals surface area contributed by atoms with Gasteiger partial charge in [-0.3, -0.25) is 0 Å². The Morgan fingerprint density at radius 1 is 0.778 bits per heavy atom. The summed E-state index contributed by atoms with van der Waals surface area (Å²) in [6.07, 6.45) is 2.05. The Balaban J connectivity index is 1.87. The van der Waals surface area contributed by atoms with Gasteiger partial charge in [0.1, 0.15) is 5.82 Å². The van der Waals surface area contributed by atoms with Crippen molar-refractivity contribution in [2.75, 3.05) is 0 Å². The van der Waals surface area contributed by atoms with Crippen molar-refractivity contribution < 1.29 is 22.3 Å². The molecule has 0 aliphatic rings. The molecular formula is C22H18F4O. The minimum atomic E-state index is -3.12. The number of rotatable bonds is 6. The smallest absolute Gasteiger partial charge is 0.387 e. The summed E-state index contributed by atoms with van der Waals surface area (Å²) in [5.41, 5.74) is 3.24. The fourth-order valence-corrected chi connectivity index (χ4v) is 2.94. The Labute approximate surface area is 155 Å². The van der Waals surface area contributed by atoms with E-state index < -0.39 is 24.0 Å². The van der Waals surface area contributed by atoms with Crippen LogP contribution < -0.4 is 4.74 Å². The van der Waals surface area contributed by atoms with Gasteiger partial charge in [0, 0.05) is 5.56 Å². The molecule has 0 fully saturated rings. The third-order valence-corrected chi connectivity index (χ3v) is 4.25. The first-order chi connectivity index (χ1) is 13.0. The van der Waals surface area contributed by atoms with E-state index in [1.165, 1.54) is 17.7 Å². The largest absolute Gasteiger partial charge is 0.432 e. The van der Waals surface area contributed by atoms with E-state index in [9.17, 15) is 17.6 Å². The van der Waals surface area contributed by atoms with Gasteiger partial charge >= 0.3 is 6.61 Å². The Kier molecular flexibility index (Phi) is 5.79. The highest BCUT2D eigenvalue weighted by Crippen LogP contribution is 2.31. The fourth-order valence-electron chi connectivity index (χ4n) is 2.94. The molecule has 0 aromatic heterocycles. The second kappa shape index (κ2) is 8.25. The van der Waals surface area contributed by atoms with E-state index in [0.29, 0.717) is 5.56 Å². The van der Waals surface area contributed by atoms with Gasteiger partial charge in [0.05, 0.1) is 0 Å². The molecule has 0 unspecified atom stereocenters. The van der Waals surface area contributed by atoms with Crippen LogP contribution in [0.5, 0.6) is 5.75 Å². The summed E-state index contributed by atoms with van der Waals surface area (Å²) in [7, 11) is 0. The molecule has 5 heteroatoms. The maximum atomic E-state index is 14.6. The van der Waals surface area contributed by atoms with Gasteiger partial charge in [0.15, 0.2) is 11.6 Å². The monoisotopic (exact) mass is 374 g/mol. The second-order valence-electron chi connectivity index (χ2n) is 6.17. The number of benzene rings is 3. The van der Waals surface area contributed by atoms with E-state index in [2.05, 4.69) is 11.7 Å². The topological polar surface area (TPSA) is 9.23 Å². The lowest BCUT2D eigenvalue weighted by molar-refractivity contribution is -0.0521. The van der Waals surface area contributed by atoms with Crippen LogP contribution in [0.15, 0.2) is 60.7 Å². The van der Waals surface area contributed by atoms with Crippen LogP contribution in [0.25, 0.3) is 22.3 Å². The highest BCUT2D eigenvalue weighted by atomic mass is 19.3. The summed E-state index contributed by atoms with van der Waals surface area (Å²) in [4.78, 5) is 0. The predicted octanol–water partition coefficient (Wildman–Crippen LogP) is 6.85. The molecule has 0 N–H and O–H groups in total. The van der Waals surface area contributed by atoms with Crippen molar-refractivity contribution in [3.8, 4) is 28.0 Å². The van der Waals surface area contributed by atoms with Gasteiger partial charge in [-0.05, 0) is 46.9 Å². The molecule has 0 bridgehead atoms. The van der Waals surface area contributed by atoms with Crippen LogP contribution in [0.1, 0.15) is 18.9 Å². The van der Waals surface area contributed by atoms with Crippen LogP contribution in [0.3, 0.4) is 0 Å². The van der Waals surface area contributed by atoms with Gasteiger partial charge in [0.25, 0.3) is 0 Å². The molecule has 1 nitrogen and oxygen atoms in total. The molecule has 0 atom stereocenters. The van der Waals surface area contributed by atoms with Gasteiger partial charge in [0.2, 0.25) is 0 Å². The van der Waals surface area contributed by atoms with Crippen molar-refractivity contribution in [2.45, 2.75) is 26.4 Å². The Bertz CT molecular complexity index is 920. The highest BCUT2D eigenvalue weighted by Gasteiger charge is 2.13. The average Bonchev–Trinajstić information content (AvgIpc) is 2.64. The molecule has 27 heavy (non-hydrogen) atoms. The van der Waals surface area contributed by atoms with E-state index in [-0.39, 0.29) is 11.1 Å². The van der Waals surface area contributed by atoms with Crippen molar-refractivity contribution >= 4 is 0 Å². The molecule has 3 aromatic carbocycles. The van der Waals surface area contributed by atoms with Crippen molar-refractivity contribution in [3.05, 3.63) is 77.9 Å². The standard InChI is InChI=1S/C22H18F4O/c1-2-3-14-4-6-15(7-5-14)16-8-10-18(19(23)12-16)17-9-11-21(20(24)13-17)27-22(25)26/h4-13,22H,2-3H2,1H3. The van der Waals surface area contributed by atoms with Gasteiger partial charge < -0.3 is 4.74 Å². The van der Waals surface area contributed by atoms with Gasteiger partial charge in [-0.25, -0.2) is 8.78 Å². The number of aryl methyl sites for hydroxylation is 1. The molecule has 3 aromatic rings. The normalized spacial score (nSPS) is 11.0. The molecule has 0 saturated carbocycles. The minimum absolute atomic E-state index is 0.184. The van der Waals surface area contributed by atoms with Crippen molar-refractivity contribution in [3.63, 3.8) is 0 Å². The first-order valence-electron chi connectivity index (χ1n) is 8.61. The summed E-state index contributed by atoms with van der Waals surface area (Å²) in [6, 6.07) is 16.0. The molecule has 0 heterocycles. The predicted molar refractivity (Wildman–Crippen MR) is 97.9 cm³/mol. The van der Waals surface area contributed by atoms with Crippen LogP contribution in [0.4, 0.5) is 17.6 Å². The third-order valence-electron chi connectivity index (χ3n) is 4.25. The maximum Gasteiger partial charge on any atom is 0.387 e. The molecule has 0 aliphatic heterocycles. The number of ether oxygens (including phenoxy) is 1. The van der Waals surface area contributed by atoms with Crippen molar-refractivity contribution in [1.82, 2.24) is 0 Å². The lowest BCUT2D eigenvalue weighted by Crippen LogP contribution is -2.03. The first kappa shape index (κ1) is 19.0. The molecule has 0 aliphatic carbocycles. The molecule has 3 rings (SSSR count). The van der Waals surface area contributed by atoms with Crippen LogP contribution >= 0.6 is 0 Å². The third kappa shape index (κ3) is 4.48. The van der Waals surface area contributed by atoms with Crippen LogP contribution in [0.2, 0.25) is 0 Å². The fraction of sp³-hybridized carbons (Fsp3) is 0.182. The average molecular weight is 374 g/mol. The van der Waals surface area contributed by atoms with Gasteiger partial charge in [-0.15, -0.1) is 0 Å². The number of alkyl halides is 2. The number of halogens is 4. The molecule has 140 valence electrons. The second-order valence-corrected chi connectivity index (χ2v) is 6.17. The molecule has 0 saturated heterocycles. The van der Waals surface area contributed by atoms with Crippen LogP contribution in [-0.4, -0.2) is 6.61 Å². The molecule has 0 spiro atoms. The van der Waals surface area contributed by atoms with E-state index in [4.69, 9.17) is 0 Å². The maximum absolute atomic E-state index is 14.6. The van der Waals surface area contributed by atoms with Gasteiger partial charge in [-0.1, -0.05) is 55.8 Å². The molecule has 0 radical (unpaired) electrons. The summed E-state index contributed by atoms with van der Waals surface area (Å²) >= 11 is 0. The first-order valence-corrected chi connectivity index (χ1v) is 8.61. The zero-order valence-electron chi connectivity index (χ0n) is 14.7. The van der Waals surface area contributed by atoms with Gasteiger partial charge in [-0.2, -0.15) is 8.78 Å². The van der Waals surface area contributed by atoms with Crippen molar-refractivity contribution in [2.24, 2.45) is 0 Å². The van der Waals surface area contributed by atoms with E-state index in [1.54, 1.807) is 12.1 Å². The van der Waals surface area contributed by atoms with Crippen LogP contribution in [-0.2, 0) is 6.42 Å². The molecule has 0 amide bonds. The van der Waals surface area contributed by atoms with Crippen LogP contribution in [0, 0.1) is 11.6 Å². The number of hydrogen-bond donors (Lipinski definition) is 0. The Hall–Kier alpha value is -2.82. The number of hydrogen-bond acceptors (Lipinski definition) is 1. The summed E-state index contributed by atoms with van der Waals surface area (Å²) in [6.45, 7) is -1.01. The zero-order chi connectivity index (χ0) is 19.4. The Morgan fingerprint density at radius 3 is 2.00 bits per heavy atom. The van der Waals surface area contributed by atoms with E-state index in [1.807, 2.05) is 24.3 Å².